The Labute approximate surface area is 167 Å². The zero-order chi connectivity index (χ0) is 20.7. The van der Waals surface area contributed by atoms with Crippen molar-refractivity contribution in [1.29, 1.82) is 0 Å². The van der Waals surface area contributed by atoms with Crippen LogP contribution in [0.1, 0.15) is 28.6 Å². The van der Waals surface area contributed by atoms with E-state index in [0.717, 1.165) is 27.9 Å². The Hall–Kier alpha value is -2.42. The van der Waals surface area contributed by atoms with Crippen molar-refractivity contribution in [1.82, 2.24) is 0 Å². The van der Waals surface area contributed by atoms with Crippen molar-refractivity contribution in [3.05, 3.63) is 64.9 Å². The molecule has 29 heavy (non-hydrogen) atoms. The van der Waals surface area contributed by atoms with Crippen molar-refractivity contribution in [3.8, 4) is 5.75 Å². The molecule has 1 aromatic heterocycles. The lowest BCUT2D eigenvalue weighted by Gasteiger charge is -2.40. The molecule has 2 heterocycles. The molecule has 0 spiro atoms. The summed E-state index contributed by atoms with van der Waals surface area (Å²) >= 11 is 0. The van der Waals surface area contributed by atoms with Gasteiger partial charge < -0.3 is 34.7 Å². The highest BCUT2D eigenvalue weighted by Crippen LogP contribution is 2.37. The first kappa shape index (κ1) is 19.9. The minimum Gasteiger partial charge on any atom is -0.508 e. The number of phenolic OH excluding ortho intramolecular Hbond substituents is 1. The summed E-state index contributed by atoms with van der Waals surface area (Å²) < 4.78 is 11.5. The standard InChI is InChI=1S/C22H24O7/c1-11-2-5-17-13(6-11)9-14(28-17)7-12-3-4-16(24)15(8-12)22-21(27)20(26)19(25)18(10-23)29-22/h2-6,8-9,18-27H,7,10H2,1H3/t18-,19-,20+,21-,22+/m1/s1. The molecular formula is C22H24O7. The van der Waals surface area contributed by atoms with Crippen LogP contribution in [0.5, 0.6) is 5.75 Å². The van der Waals surface area contributed by atoms with E-state index in [0.29, 0.717) is 6.42 Å². The number of aliphatic hydroxyl groups excluding tert-OH is 4. The van der Waals surface area contributed by atoms with E-state index in [1.807, 2.05) is 31.2 Å². The van der Waals surface area contributed by atoms with Gasteiger partial charge in [0.15, 0.2) is 0 Å². The summed E-state index contributed by atoms with van der Waals surface area (Å²) in [4.78, 5) is 0. The zero-order valence-electron chi connectivity index (χ0n) is 15.9. The van der Waals surface area contributed by atoms with Gasteiger partial charge in [-0.3, -0.25) is 0 Å². The second-order valence-electron chi connectivity index (χ2n) is 7.57. The smallest absolute Gasteiger partial charge is 0.134 e. The van der Waals surface area contributed by atoms with Gasteiger partial charge in [-0.1, -0.05) is 17.7 Å². The Balaban J connectivity index is 1.63. The number of benzene rings is 2. The molecule has 1 aliphatic rings. The average Bonchev–Trinajstić information content (AvgIpc) is 3.09. The lowest BCUT2D eigenvalue weighted by atomic mass is 9.90. The number of aromatic hydroxyl groups is 1. The summed E-state index contributed by atoms with van der Waals surface area (Å²) in [5, 5.41) is 51.1. The van der Waals surface area contributed by atoms with E-state index in [9.17, 15) is 25.5 Å². The van der Waals surface area contributed by atoms with E-state index in [1.165, 1.54) is 6.07 Å². The lowest BCUT2D eigenvalue weighted by molar-refractivity contribution is -0.232. The van der Waals surface area contributed by atoms with Crippen LogP contribution in [0.2, 0.25) is 0 Å². The van der Waals surface area contributed by atoms with Gasteiger partial charge in [0, 0.05) is 17.4 Å². The SMILES string of the molecule is Cc1ccc2oc(Cc3ccc(O)c([C@@H]4O[C@H](CO)[C@@H](O)[C@H](O)[C@H]4O)c3)cc2c1. The largest absolute Gasteiger partial charge is 0.508 e. The second-order valence-corrected chi connectivity index (χ2v) is 7.57. The minimum absolute atomic E-state index is 0.113. The third kappa shape index (κ3) is 3.75. The minimum atomic E-state index is -1.51. The molecule has 1 saturated heterocycles. The molecule has 0 saturated carbocycles. The monoisotopic (exact) mass is 400 g/mol. The van der Waals surface area contributed by atoms with E-state index in [2.05, 4.69) is 0 Å². The lowest BCUT2D eigenvalue weighted by Crippen LogP contribution is -2.55. The van der Waals surface area contributed by atoms with Crippen LogP contribution in [-0.2, 0) is 11.2 Å². The molecule has 0 bridgehead atoms. The quantitative estimate of drug-likeness (QED) is 0.450. The van der Waals surface area contributed by atoms with Crippen LogP contribution >= 0.6 is 0 Å². The van der Waals surface area contributed by atoms with Crippen molar-refractivity contribution in [2.75, 3.05) is 6.61 Å². The number of aryl methyl sites for hydroxylation is 1. The van der Waals surface area contributed by atoms with Crippen molar-refractivity contribution in [2.45, 2.75) is 43.9 Å². The molecule has 1 fully saturated rings. The molecule has 0 aliphatic carbocycles. The molecule has 7 nitrogen and oxygen atoms in total. The first-order valence-electron chi connectivity index (χ1n) is 9.48. The number of hydrogen-bond donors (Lipinski definition) is 5. The van der Waals surface area contributed by atoms with Crippen molar-refractivity contribution in [2.24, 2.45) is 0 Å². The number of furan rings is 1. The molecule has 2 aromatic carbocycles. The number of hydrogen-bond acceptors (Lipinski definition) is 7. The predicted molar refractivity (Wildman–Crippen MR) is 105 cm³/mol. The second kappa shape index (κ2) is 7.78. The zero-order valence-corrected chi connectivity index (χ0v) is 15.9. The third-order valence-corrected chi connectivity index (χ3v) is 5.39. The first-order valence-corrected chi connectivity index (χ1v) is 9.48. The number of ether oxygens (including phenoxy) is 1. The third-order valence-electron chi connectivity index (χ3n) is 5.39. The van der Waals surface area contributed by atoms with E-state index < -0.39 is 37.1 Å². The Kier molecular flexibility index (Phi) is 5.33. The topological polar surface area (TPSA) is 124 Å². The molecule has 4 rings (SSSR count). The highest BCUT2D eigenvalue weighted by Gasteiger charge is 2.44. The average molecular weight is 400 g/mol. The molecule has 7 heteroatoms. The summed E-state index contributed by atoms with van der Waals surface area (Å²) in [6, 6.07) is 12.8. The van der Waals surface area contributed by atoms with E-state index in [4.69, 9.17) is 9.15 Å². The molecule has 5 atom stereocenters. The summed E-state index contributed by atoms with van der Waals surface area (Å²) in [7, 11) is 0. The van der Waals surface area contributed by atoms with Crippen LogP contribution in [0.3, 0.4) is 0 Å². The fourth-order valence-electron chi connectivity index (χ4n) is 3.81. The maximum absolute atomic E-state index is 10.4. The van der Waals surface area contributed by atoms with Gasteiger partial charge in [-0.25, -0.2) is 0 Å². The predicted octanol–water partition coefficient (Wildman–Crippen LogP) is 1.55. The van der Waals surface area contributed by atoms with E-state index >= 15 is 0 Å². The molecule has 154 valence electrons. The van der Waals surface area contributed by atoms with E-state index in [-0.39, 0.29) is 11.3 Å². The van der Waals surface area contributed by atoms with Gasteiger partial charge in [-0.15, -0.1) is 0 Å². The Morgan fingerprint density at radius 3 is 2.48 bits per heavy atom. The molecule has 3 aromatic rings. The van der Waals surface area contributed by atoms with Crippen molar-refractivity contribution < 1.29 is 34.7 Å². The van der Waals surface area contributed by atoms with Crippen molar-refractivity contribution in [3.63, 3.8) is 0 Å². The van der Waals surface area contributed by atoms with Crippen LogP contribution in [0.25, 0.3) is 11.0 Å². The number of rotatable bonds is 4. The molecule has 0 amide bonds. The van der Waals surface area contributed by atoms with Crippen LogP contribution in [0.15, 0.2) is 46.9 Å². The van der Waals surface area contributed by atoms with Gasteiger partial charge in [-0.05, 0) is 42.8 Å². The Morgan fingerprint density at radius 2 is 1.72 bits per heavy atom. The number of fused-ring (bicyclic) bond motifs is 1. The van der Waals surface area contributed by atoms with Crippen LogP contribution in [0, 0.1) is 6.92 Å². The van der Waals surface area contributed by atoms with Gasteiger partial charge in [0.25, 0.3) is 0 Å². The van der Waals surface area contributed by atoms with Gasteiger partial charge in [0.2, 0.25) is 0 Å². The maximum Gasteiger partial charge on any atom is 0.134 e. The summed E-state index contributed by atoms with van der Waals surface area (Å²) in [5.41, 5.74) is 3.01. The van der Waals surface area contributed by atoms with Crippen LogP contribution in [-0.4, -0.2) is 56.6 Å². The van der Waals surface area contributed by atoms with Gasteiger partial charge in [0.1, 0.15) is 47.6 Å². The van der Waals surface area contributed by atoms with Gasteiger partial charge in [0.05, 0.1) is 6.61 Å². The van der Waals surface area contributed by atoms with E-state index in [1.54, 1.807) is 12.1 Å². The maximum atomic E-state index is 10.4. The fraction of sp³-hybridized carbons (Fsp3) is 0.364. The van der Waals surface area contributed by atoms with Crippen LogP contribution < -0.4 is 0 Å². The first-order chi connectivity index (χ1) is 13.9. The number of aliphatic hydroxyl groups is 4. The molecule has 1 aliphatic heterocycles. The highest BCUT2D eigenvalue weighted by atomic mass is 16.5. The summed E-state index contributed by atoms with van der Waals surface area (Å²) in [6.07, 6.45) is -6.09. The molecule has 0 radical (unpaired) electrons. The highest BCUT2D eigenvalue weighted by molar-refractivity contribution is 5.78. The van der Waals surface area contributed by atoms with Gasteiger partial charge in [-0.2, -0.15) is 0 Å². The normalized spacial score (nSPS) is 27.4. The summed E-state index contributed by atoms with van der Waals surface area (Å²) in [5.74, 6) is 0.634. The van der Waals surface area contributed by atoms with Gasteiger partial charge >= 0.3 is 0 Å². The fourth-order valence-corrected chi connectivity index (χ4v) is 3.81. The van der Waals surface area contributed by atoms with Crippen LogP contribution in [0.4, 0.5) is 0 Å². The molecule has 0 unspecified atom stereocenters. The summed E-state index contributed by atoms with van der Waals surface area (Å²) in [6.45, 7) is 1.49. The molecular weight excluding hydrogens is 376 g/mol. The molecule has 5 N–H and O–H groups in total. The Morgan fingerprint density at radius 1 is 0.931 bits per heavy atom. The number of phenols is 1. The Bertz CT molecular complexity index is 1010. The van der Waals surface area contributed by atoms with Crippen molar-refractivity contribution >= 4 is 11.0 Å².